The number of hydrogen-bond donors (Lipinski definition) is 1. The molecule has 11 heteroatoms. The Morgan fingerprint density at radius 1 is 1.17 bits per heavy atom. The van der Waals surface area contributed by atoms with Crippen molar-refractivity contribution in [3.63, 3.8) is 0 Å². The number of alkyl halides is 3. The van der Waals surface area contributed by atoms with E-state index in [-0.39, 0.29) is 18.0 Å². The lowest BCUT2D eigenvalue weighted by molar-refractivity contribution is -0.141. The molecule has 42 heavy (non-hydrogen) atoms. The third-order valence-electron chi connectivity index (χ3n) is 8.01. The quantitative estimate of drug-likeness (QED) is 0.364. The average Bonchev–Trinajstić information content (AvgIpc) is 2.96. The van der Waals surface area contributed by atoms with Gasteiger partial charge in [-0.1, -0.05) is 0 Å². The minimum absolute atomic E-state index is 0.126. The summed E-state index contributed by atoms with van der Waals surface area (Å²) in [6.45, 7) is 10.4. The highest BCUT2D eigenvalue weighted by molar-refractivity contribution is 5.96. The van der Waals surface area contributed by atoms with E-state index in [2.05, 4.69) is 37.0 Å². The first-order valence-electron chi connectivity index (χ1n) is 14.1. The molecule has 0 spiro atoms. The maximum Gasteiger partial charge on any atom is 0.433 e. The summed E-state index contributed by atoms with van der Waals surface area (Å²) in [5.41, 5.74) is 3.90. The van der Waals surface area contributed by atoms with Crippen LogP contribution < -0.4 is 10.2 Å². The fourth-order valence-electron chi connectivity index (χ4n) is 5.54. The van der Waals surface area contributed by atoms with Crippen LogP contribution in [0.3, 0.4) is 0 Å². The summed E-state index contributed by atoms with van der Waals surface area (Å²) < 4.78 is 39.4. The monoisotopic (exact) mass is 579 g/mol. The van der Waals surface area contributed by atoms with Crippen LogP contribution >= 0.6 is 0 Å². The molecule has 3 aromatic rings. The lowest BCUT2D eigenvalue weighted by Crippen LogP contribution is -2.48. The molecular formula is C31H36F3N7O. The molecule has 1 aliphatic rings. The third kappa shape index (κ3) is 7.42. The van der Waals surface area contributed by atoms with Gasteiger partial charge in [0.25, 0.3) is 5.91 Å². The standard InChI is InChI=1S/C31H36F3N7O/c1-20-7-11-36-17-24(20)19-41(27-5-6-28(38-18-27)31(32,33)34)26-9-13-40(14-10-26)22(3)8-12-37-30(42)29-21(2)15-25(16-35)39-23(29)4/h5-7,11,15,17-18,22,26H,8-10,12-14,19H2,1-4H3,(H,37,42)/t22-/m1/s1. The van der Waals surface area contributed by atoms with Crippen LogP contribution in [-0.2, 0) is 12.7 Å². The molecule has 0 saturated carbocycles. The SMILES string of the molecule is Cc1ccncc1CN(c1ccc(C(F)(F)F)nc1)C1CCN([C@H](C)CCNC(=O)c2c(C)cc(C#N)nc2C)CC1. The highest BCUT2D eigenvalue weighted by Gasteiger charge is 2.33. The van der Waals surface area contributed by atoms with Gasteiger partial charge in [-0.05, 0) is 87.9 Å². The molecule has 1 N–H and O–H groups in total. The van der Waals surface area contributed by atoms with Crippen LogP contribution in [0.2, 0.25) is 0 Å². The number of aryl methyl sites for hydroxylation is 3. The maximum absolute atomic E-state index is 13.1. The smallest absolute Gasteiger partial charge is 0.363 e. The number of rotatable bonds is 9. The van der Waals surface area contributed by atoms with E-state index < -0.39 is 11.9 Å². The summed E-state index contributed by atoms with van der Waals surface area (Å²) in [5.74, 6) is -0.195. The van der Waals surface area contributed by atoms with Gasteiger partial charge in [-0.2, -0.15) is 18.4 Å². The Labute approximate surface area is 244 Å². The van der Waals surface area contributed by atoms with E-state index >= 15 is 0 Å². The Bertz CT molecular complexity index is 1400. The number of nitrogens with zero attached hydrogens (tertiary/aromatic N) is 6. The minimum Gasteiger partial charge on any atom is -0.363 e. The number of nitrogens with one attached hydrogen (secondary N) is 1. The zero-order valence-electron chi connectivity index (χ0n) is 24.4. The second kappa shape index (κ2) is 13.3. The molecule has 0 radical (unpaired) electrons. The van der Waals surface area contributed by atoms with Crippen LogP contribution in [-0.4, -0.2) is 57.5 Å². The van der Waals surface area contributed by atoms with Gasteiger partial charge in [0.2, 0.25) is 0 Å². The van der Waals surface area contributed by atoms with Crippen LogP contribution in [0, 0.1) is 32.1 Å². The van der Waals surface area contributed by atoms with Crippen molar-refractivity contribution in [1.82, 2.24) is 25.2 Å². The van der Waals surface area contributed by atoms with Crippen LogP contribution in [0.25, 0.3) is 0 Å². The highest BCUT2D eigenvalue weighted by Crippen LogP contribution is 2.31. The molecule has 1 fully saturated rings. The van der Waals surface area contributed by atoms with E-state index in [9.17, 15) is 18.0 Å². The van der Waals surface area contributed by atoms with Gasteiger partial charge in [0.15, 0.2) is 0 Å². The van der Waals surface area contributed by atoms with Crippen molar-refractivity contribution < 1.29 is 18.0 Å². The number of likely N-dealkylation sites (tertiary alicyclic amines) is 1. The first kappa shape index (κ1) is 30.9. The molecule has 222 valence electrons. The van der Waals surface area contributed by atoms with Gasteiger partial charge in [-0.25, -0.2) is 9.97 Å². The van der Waals surface area contributed by atoms with Gasteiger partial charge in [-0.15, -0.1) is 0 Å². The topological polar surface area (TPSA) is 98.0 Å². The molecule has 0 unspecified atom stereocenters. The van der Waals surface area contributed by atoms with Crippen LogP contribution in [0.5, 0.6) is 0 Å². The van der Waals surface area contributed by atoms with Crippen molar-refractivity contribution in [3.8, 4) is 6.07 Å². The Kier molecular flexibility index (Phi) is 9.78. The normalized spacial score (nSPS) is 15.2. The molecule has 0 aliphatic carbocycles. The first-order chi connectivity index (χ1) is 20.0. The number of nitriles is 1. The first-order valence-corrected chi connectivity index (χ1v) is 14.1. The van der Waals surface area contributed by atoms with E-state index in [1.165, 1.54) is 12.3 Å². The van der Waals surface area contributed by atoms with Crippen molar-refractivity contribution in [2.45, 2.75) is 71.8 Å². The fourth-order valence-corrected chi connectivity index (χ4v) is 5.54. The number of anilines is 1. The van der Waals surface area contributed by atoms with Crippen LogP contribution in [0.15, 0.2) is 42.9 Å². The second-order valence-electron chi connectivity index (χ2n) is 10.9. The summed E-state index contributed by atoms with van der Waals surface area (Å²) >= 11 is 0. The number of piperidine rings is 1. The molecule has 4 rings (SSSR count). The molecule has 1 saturated heterocycles. The Hall–Kier alpha value is -4.04. The Morgan fingerprint density at radius 3 is 2.50 bits per heavy atom. The molecule has 1 atom stereocenters. The lowest BCUT2D eigenvalue weighted by atomic mass is 9.99. The van der Waals surface area contributed by atoms with Gasteiger partial charge in [0.05, 0.1) is 23.1 Å². The van der Waals surface area contributed by atoms with E-state index in [1.54, 1.807) is 26.1 Å². The average molecular weight is 580 g/mol. The van der Waals surface area contributed by atoms with Crippen molar-refractivity contribution in [2.75, 3.05) is 24.5 Å². The molecule has 8 nitrogen and oxygen atoms in total. The number of pyridine rings is 3. The van der Waals surface area contributed by atoms with Gasteiger partial charge in [-0.3, -0.25) is 9.78 Å². The lowest BCUT2D eigenvalue weighted by Gasteiger charge is -2.42. The molecule has 1 amide bonds. The summed E-state index contributed by atoms with van der Waals surface area (Å²) in [4.78, 5) is 29.5. The van der Waals surface area contributed by atoms with Crippen LogP contribution in [0.4, 0.5) is 18.9 Å². The Balaban J connectivity index is 1.37. The third-order valence-corrected chi connectivity index (χ3v) is 8.01. The Morgan fingerprint density at radius 2 is 1.90 bits per heavy atom. The van der Waals surface area contributed by atoms with Crippen molar-refractivity contribution in [3.05, 3.63) is 82.2 Å². The van der Waals surface area contributed by atoms with E-state index in [4.69, 9.17) is 5.26 Å². The summed E-state index contributed by atoms with van der Waals surface area (Å²) in [5, 5.41) is 12.1. The largest absolute Gasteiger partial charge is 0.433 e. The molecular weight excluding hydrogens is 543 g/mol. The van der Waals surface area contributed by atoms with Gasteiger partial charge in [0.1, 0.15) is 17.5 Å². The molecule has 4 heterocycles. The number of carbonyl (C=O) groups is 1. The van der Waals surface area contributed by atoms with E-state index in [0.29, 0.717) is 35.7 Å². The maximum atomic E-state index is 13.1. The van der Waals surface area contributed by atoms with Gasteiger partial charge >= 0.3 is 6.18 Å². The predicted molar refractivity (Wildman–Crippen MR) is 154 cm³/mol. The van der Waals surface area contributed by atoms with Gasteiger partial charge < -0.3 is 15.1 Å². The van der Waals surface area contributed by atoms with Crippen molar-refractivity contribution in [1.29, 1.82) is 5.26 Å². The fraction of sp³-hybridized carbons (Fsp3) is 0.452. The highest BCUT2D eigenvalue weighted by atomic mass is 19.4. The van der Waals surface area contributed by atoms with Gasteiger partial charge in [0, 0.05) is 50.7 Å². The summed E-state index contributed by atoms with van der Waals surface area (Å²) in [6.07, 6.45) is 2.81. The minimum atomic E-state index is -4.49. The number of amides is 1. The number of hydrogen-bond acceptors (Lipinski definition) is 7. The van der Waals surface area contributed by atoms with E-state index in [0.717, 1.165) is 55.1 Å². The van der Waals surface area contributed by atoms with E-state index in [1.807, 2.05) is 25.3 Å². The number of halogens is 3. The number of carbonyl (C=O) groups excluding carboxylic acids is 1. The summed E-state index contributed by atoms with van der Waals surface area (Å²) in [7, 11) is 0. The van der Waals surface area contributed by atoms with Crippen LogP contribution in [0.1, 0.15) is 70.3 Å². The second-order valence-corrected chi connectivity index (χ2v) is 10.9. The summed E-state index contributed by atoms with van der Waals surface area (Å²) in [6, 6.07) is 8.47. The van der Waals surface area contributed by atoms with Crippen molar-refractivity contribution in [2.24, 2.45) is 0 Å². The molecule has 1 aliphatic heterocycles. The predicted octanol–water partition coefficient (Wildman–Crippen LogP) is 5.37. The van der Waals surface area contributed by atoms with Crippen molar-refractivity contribution >= 4 is 11.6 Å². The number of aromatic nitrogens is 3. The zero-order chi connectivity index (χ0) is 30.4. The molecule has 3 aromatic heterocycles. The molecule has 0 aromatic carbocycles. The molecule has 0 bridgehead atoms. The zero-order valence-corrected chi connectivity index (χ0v) is 24.4.